The minimum atomic E-state index is -0.699. The van der Waals surface area contributed by atoms with Crippen molar-refractivity contribution in [1.82, 2.24) is 5.32 Å². The van der Waals surface area contributed by atoms with E-state index < -0.39 is 30.1 Å². The molecule has 10 heteroatoms. The molecule has 0 heterocycles. The van der Waals surface area contributed by atoms with Crippen LogP contribution in [0.5, 0.6) is 5.75 Å². The van der Waals surface area contributed by atoms with Crippen LogP contribution >= 0.6 is 22.6 Å². The lowest BCUT2D eigenvalue weighted by Crippen LogP contribution is -2.38. The molecular formula is C24H20F2IN3O4. The fraction of sp³-hybridized carbons (Fsp3) is 0.125. The van der Waals surface area contributed by atoms with Crippen molar-refractivity contribution in [1.29, 1.82) is 0 Å². The van der Waals surface area contributed by atoms with E-state index in [0.717, 1.165) is 12.1 Å². The number of likely N-dealkylation sites (N-methyl/N-ethyl adjacent to an activating group) is 1. The van der Waals surface area contributed by atoms with Crippen LogP contribution in [0.4, 0.5) is 20.2 Å². The lowest BCUT2D eigenvalue weighted by molar-refractivity contribution is -0.118. The first-order chi connectivity index (χ1) is 16.2. The Morgan fingerprint density at radius 2 is 1.74 bits per heavy atom. The summed E-state index contributed by atoms with van der Waals surface area (Å²) in [5, 5.41) is 4.82. The molecule has 0 saturated heterocycles. The zero-order valence-corrected chi connectivity index (χ0v) is 20.1. The minimum absolute atomic E-state index is 0.0349. The number of hydrogen-bond acceptors (Lipinski definition) is 4. The van der Waals surface area contributed by atoms with Crippen molar-refractivity contribution in [2.24, 2.45) is 0 Å². The predicted molar refractivity (Wildman–Crippen MR) is 132 cm³/mol. The average molecular weight is 579 g/mol. The number of carbonyl (C=O) groups is 3. The van der Waals surface area contributed by atoms with Crippen LogP contribution in [0.3, 0.4) is 0 Å². The van der Waals surface area contributed by atoms with Crippen LogP contribution in [0.1, 0.15) is 10.4 Å². The maximum Gasteiger partial charge on any atom is 0.262 e. The van der Waals surface area contributed by atoms with Gasteiger partial charge >= 0.3 is 0 Å². The Morgan fingerprint density at radius 1 is 1.00 bits per heavy atom. The molecule has 0 saturated carbocycles. The van der Waals surface area contributed by atoms with Crippen LogP contribution < -0.4 is 20.3 Å². The first kappa shape index (κ1) is 25.1. The largest absolute Gasteiger partial charge is 0.483 e. The highest BCUT2D eigenvalue weighted by Crippen LogP contribution is 2.21. The van der Waals surface area contributed by atoms with Crippen molar-refractivity contribution in [2.45, 2.75) is 0 Å². The van der Waals surface area contributed by atoms with Crippen LogP contribution in [0.25, 0.3) is 0 Å². The monoisotopic (exact) mass is 579 g/mol. The van der Waals surface area contributed by atoms with Gasteiger partial charge in [0.05, 0.1) is 17.8 Å². The van der Waals surface area contributed by atoms with Crippen molar-refractivity contribution >= 4 is 51.7 Å². The molecule has 0 aliphatic rings. The van der Waals surface area contributed by atoms with Gasteiger partial charge in [0.2, 0.25) is 5.91 Å². The number of rotatable bonds is 8. The molecule has 3 aromatic rings. The molecule has 3 amide bonds. The molecule has 0 fully saturated rings. The number of carbonyl (C=O) groups excluding carboxylic acids is 3. The molecule has 0 aliphatic heterocycles. The predicted octanol–water partition coefficient (Wildman–Crippen LogP) is 3.98. The molecular weight excluding hydrogens is 559 g/mol. The van der Waals surface area contributed by atoms with Crippen molar-refractivity contribution in [3.05, 3.63) is 87.5 Å². The molecule has 0 spiro atoms. The van der Waals surface area contributed by atoms with Crippen LogP contribution in [-0.2, 0) is 9.59 Å². The number of ether oxygens (including phenoxy) is 1. The Morgan fingerprint density at radius 3 is 2.44 bits per heavy atom. The molecule has 3 rings (SSSR count). The van der Waals surface area contributed by atoms with Crippen molar-refractivity contribution in [3.8, 4) is 5.75 Å². The number of anilines is 2. The zero-order chi connectivity index (χ0) is 24.7. The smallest absolute Gasteiger partial charge is 0.262 e. The molecule has 0 aliphatic carbocycles. The maximum absolute atomic E-state index is 13.9. The van der Waals surface area contributed by atoms with E-state index in [1.165, 1.54) is 23.1 Å². The number of hydrogen-bond donors (Lipinski definition) is 2. The van der Waals surface area contributed by atoms with Gasteiger partial charge < -0.3 is 20.3 Å². The zero-order valence-electron chi connectivity index (χ0n) is 18.0. The third-order valence-corrected chi connectivity index (χ3v) is 5.34. The van der Waals surface area contributed by atoms with E-state index in [-0.39, 0.29) is 29.5 Å². The van der Waals surface area contributed by atoms with E-state index in [4.69, 9.17) is 4.74 Å². The number of para-hydroxylation sites is 1. The van der Waals surface area contributed by atoms with Crippen molar-refractivity contribution < 1.29 is 27.9 Å². The summed E-state index contributed by atoms with van der Waals surface area (Å²) < 4.78 is 33.7. The maximum atomic E-state index is 13.9. The van der Waals surface area contributed by atoms with Gasteiger partial charge in [0, 0.05) is 22.4 Å². The summed E-state index contributed by atoms with van der Waals surface area (Å²) in [6.45, 7) is -0.904. The SMILES string of the molecule is CN(C(=O)CNC(=O)c1ccc(F)cc1OCC(=O)Nc1ccc(I)cc1F)c1ccccc1. The summed E-state index contributed by atoms with van der Waals surface area (Å²) in [6.07, 6.45) is 0. The van der Waals surface area contributed by atoms with E-state index in [1.54, 1.807) is 37.4 Å². The first-order valence-electron chi connectivity index (χ1n) is 10.0. The van der Waals surface area contributed by atoms with Gasteiger partial charge in [-0.1, -0.05) is 18.2 Å². The number of benzene rings is 3. The first-order valence-corrected chi connectivity index (χ1v) is 11.1. The topological polar surface area (TPSA) is 87.7 Å². The third kappa shape index (κ3) is 6.73. The number of amides is 3. The fourth-order valence-electron chi connectivity index (χ4n) is 2.89. The molecule has 2 N–H and O–H groups in total. The standard InChI is InChI=1S/C24H20F2IN3O4/c1-30(17-5-3-2-4-6-17)23(32)13-28-24(33)18-9-7-15(25)11-21(18)34-14-22(31)29-20-10-8-16(27)12-19(20)26/h2-12H,13-14H2,1H3,(H,28,33)(H,29,31). The second-order valence-corrected chi connectivity index (χ2v) is 8.32. The van der Waals surface area contributed by atoms with E-state index in [2.05, 4.69) is 10.6 Å². The minimum Gasteiger partial charge on any atom is -0.483 e. The van der Waals surface area contributed by atoms with Crippen LogP contribution in [0.15, 0.2) is 66.7 Å². The van der Waals surface area contributed by atoms with Gasteiger partial charge in [-0.15, -0.1) is 0 Å². The fourth-order valence-corrected chi connectivity index (χ4v) is 3.34. The summed E-state index contributed by atoms with van der Waals surface area (Å²) in [5.74, 6) is -3.25. The Kier molecular flexibility index (Phi) is 8.52. The quantitative estimate of drug-likeness (QED) is 0.396. The van der Waals surface area contributed by atoms with Gasteiger partial charge in [-0.05, 0) is 65.1 Å². The van der Waals surface area contributed by atoms with E-state index in [1.807, 2.05) is 28.7 Å². The lowest BCUT2D eigenvalue weighted by atomic mass is 10.2. The molecule has 0 atom stereocenters. The molecule has 3 aromatic carbocycles. The summed E-state index contributed by atoms with van der Waals surface area (Å²) in [5.41, 5.74) is 0.556. The van der Waals surface area contributed by atoms with Gasteiger partial charge in [0.15, 0.2) is 6.61 Å². The molecule has 0 radical (unpaired) electrons. The Bertz CT molecular complexity index is 1210. The summed E-state index contributed by atoms with van der Waals surface area (Å²) in [6, 6.07) is 16.3. The normalized spacial score (nSPS) is 10.4. The second-order valence-electron chi connectivity index (χ2n) is 7.07. The van der Waals surface area contributed by atoms with Crippen LogP contribution in [0.2, 0.25) is 0 Å². The van der Waals surface area contributed by atoms with E-state index in [0.29, 0.717) is 9.26 Å². The number of nitrogens with zero attached hydrogens (tertiary/aromatic N) is 1. The number of halogens is 3. The molecule has 0 aromatic heterocycles. The summed E-state index contributed by atoms with van der Waals surface area (Å²) >= 11 is 1.94. The molecule has 0 unspecified atom stereocenters. The molecule has 176 valence electrons. The van der Waals surface area contributed by atoms with Gasteiger partial charge in [-0.2, -0.15) is 0 Å². The molecule has 34 heavy (non-hydrogen) atoms. The van der Waals surface area contributed by atoms with Crippen LogP contribution in [0, 0.1) is 15.2 Å². The lowest BCUT2D eigenvalue weighted by Gasteiger charge is -2.18. The average Bonchev–Trinajstić information content (AvgIpc) is 2.83. The highest BCUT2D eigenvalue weighted by atomic mass is 127. The summed E-state index contributed by atoms with van der Waals surface area (Å²) in [4.78, 5) is 38.6. The Hall–Kier alpha value is -3.54. The van der Waals surface area contributed by atoms with Gasteiger partial charge in [0.25, 0.3) is 11.8 Å². The van der Waals surface area contributed by atoms with Gasteiger partial charge in [-0.3, -0.25) is 14.4 Å². The van der Waals surface area contributed by atoms with Crippen molar-refractivity contribution in [2.75, 3.05) is 30.4 Å². The van der Waals surface area contributed by atoms with Crippen molar-refractivity contribution in [3.63, 3.8) is 0 Å². The summed E-state index contributed by atoms with van der Waals surface area (Å²) in [7, 11) is 1.57. The van der Waals surface area contributed by atoms with E-state index >= 15 is 0 Å². The number of nitrogens with one attached hydrogen (secondary N) is 2. The third-order valence-electron chi connectivity index (χ3n) is 4.67. The second kappa shape index (κ2) is 11.5. The molecule has 7 nitrogen and oxygen atoms in total. The Labute approximate surface area is 208 Å². The van der Waals surface area contributed by atoms with Gasteiger partial charge in [0.1, 0.15) is 17.4 Å². The van der Waals surface area contributed by atoms with Crippen LogP contribution in [-0.4, -0.2) is 37.9 Å². The highest BCUT2D eigenvalue weighted by molar-refractivity contribution is 14.1. The Balaban J connectivity index is 1.61. The van der Waals surface area contributed by atoms with E-state index in [9.17, 15) is 23.2 Å². The van der Waals surface area contributed by atoms with Gasteiger partial charge in [-0.25, -0.2) is 8.78 Å². The molecule has 0 bridgehead atoms. The highest BCUT2D eigenvalue weighted by Gasteiger charge is 2.18.